The largest absolute Gasteiger partial charge is 0.744 e. The van der Waals surface area contributed by atoms with Crippen LogP contribution < -0.4 is 0 Å². The minimum Gasteiger partial charge on any atom is -0.744 e. The van der Waals surface area contributed by atoms with Gasteiger partial charge in [-0.15, -0.1) is 0 Å². The predicted molar refractivity (Wildman–Crippen MR) is 97.3 cm³/mol. The summed E-state index contributed by atoms with van der Waals surface area (Å²) in [6.07, 6.45) is 3.72. The van der Waals surface area contributed by atoms with Crippen LogP contribution in [0.4, 0.5) is 0 Å². The Hall–Kier alpha value is -1.40. The van der Waals surface area contributed by atoms with Crippen LogP contribution in [0.1, 0.15) is 76.0 Å². The molecule has 3 rings (SSSR count). The zero-order valence-electron chi connectivity index (χ0n) is 15.8. The van der Waals surface area contributed by atoms with Gasteiger partial charge in [-0.1, -0.05) is 33.3 Å². The second-order valence-electron chi connectivity index (χ2n) is 8.74. The van der Waals surface area contributed by atoms with E-state index in [2.05, 4.69) is 0 Å². The third-order valence-corrected chi connectivity index (χ3v) is 7.76. The highest BCUT2D eigenvalue weighted by Gasteiger charge is 2.55. The average molecular weight is 379 g/mol. The van der Waals surface area contributed by atoms with Crippen LogP contribution in [0.15, 0.2) is 17.0 Å². The van der Waals surface area contributed by atoms with Gasteiger partial charge in [-0.3, -0.25) is 4.79 Å². The maximum Gasteiger partial charge on any atom is 0.309 e. The molecule has 1 saturated carbocycles. The number of benzene rings is 1. The summed E-state index contributed by atoms with van der Waals surface area (Å²) in [5.41, 5.74) is 1.25. The van der Waals surface area contributed by atoms with Crippen LogP contribution in [-0.4, -0.2) is 24.0 Å². The second-order valence-corrected chi connectivity index (χ2v) is 10.1. The molecule has 26 heavy (non-hydrogen) atoms. The molecule has 1 fully saturated rings. The molecule has 1 aromatic rings. The van der Waals surface area contributed by atoms with E-state index in [0.29, 0.717) is 12.0 Å². The van der Waals surface area contributed by atoms with Crippen molar-refractivity contribution in [1.29, 1.82) is 0 Å². The van der Waals surface area contributed by atoms with E-state index in [0.717, 1.165) is 36.8 Å². The van der Waals surface area contributed by atoms with Gasteiger partial charge < -0.3 is 9.66 Å². The lowest BCUT2D eigenvalue weighted by Crippen LogP contribution is -2.52. The van der Waals surface area contributed by atoms with Gasteiger partial charge in [0.15, 0.2) is 0 Å². The smallest absolute Gasteiger partial charge is 0.309 e. The zero-order chi connectivity index (χ0) is 19.5. The monoisotopic (exact) mass is 379 g/mol. The van der Waals surface area contributed by atoms with E-state index < -0.39 is 26.9 Å². The summed E-state index contributed by atoms with van der Waals surface area (Å²) in [6.45, 7) is 7.63. The fourth-order valence-electron chi connectivity index (χ4n) is 5.44. The highest BCUT2D eigenvalue weighted by Crippen LogP contribution is 2.57. The van der Waals surface area contributed by atoms with E-state index >= 15 is 0 Å². The number of carboxylic acids is 1. The molecule has 3 atom stereocenters. The lowest BCUT2D eigenvalue weighted by Gasteiger charge is -2.53. The molecule has 0 saturated heterocycles. The Kier molecular flexibility index (Phi) is 4.51. The van der Waals surface area contributed by atoms with Crippen molar-refractivity contribution in [2.75, 3.05) is 0 Å². The lowest BCUT2D eigenvalue weighted by molar-refractivity contribution is -0.157. The fourth-order valence-corrected chi connectivity index (χ4v) is 6.29. The molecule has 0 heterocycles. The molecular formula is C20H27O5S-. The van der Waals surface area contributed by atoms with E-state index in [1.54, 1.807) is 6.07 Å². The summed E-state index contributed by atoms with van der Waals surface area (Å²) in [5, 5.41) is 9.85. The predicted octanol–water partition coefficient (Wildman–Crippen LogP) is 3.81. The van der Waals surface area contributed by atoms with Crippen LogP contribution >= 0.6 is 0 Å². The minimum atomic E-state index is -4.59. The zero-order valence-corrected chi connectivity index (χ0v) is 16.6. The highest BCUT2D eigenvalue weighted by atomic mass is 32.2. The molecule has 0 amide bonds. The Morgan fingerprint density at radius 1 is 1.27 bits per heavy atom. The third-order valence-electron chi connectivity index (χ3n) is 6.86. The Balaban J connectivity index is 2.24. The van der Waals surface area contributed by atoms with Gasteiger partial charge in [0.25, 0.3) is 0 Å². The molecule has 2 aliphatic carbocycles. The first-order chi connectivity index (χ1) is 11.9. The van der Waals surface area contributed by atoms with Gasteiger partial charge in [0, 0.05) is 0 Å². The third kappa shape index (κ3) is 2.78. The van der Waals surface area contributed by atoms with Crippen LogP contribution in [0.2, 0.25) is 0 Å². The van der Waals surface area contributed by atoms with Crippen molar-refractivity contribution in [1.82, 2.24) is 0 Å². The summed E-state index contributed by atoms with van der Waals surface area (Å²) in [5.74, 6) is -0.923. The van der Waals surface area contributed by atoms with Crippen LogP contribution in [0, 0.1) is 11.3 Å². The standard InChI is InChI=1S/C20H28O5S/c1-12(2)14-10-13-6-7-17-19(3,8-5-9-20(17,4)18(21)22)15(13)11-16(14)26(23,24)25/h10-12,17H,5-9H2,1-4H3,(H,21,22)(H,23,24,25)/p-1. The van der Waals surface area contributed by atoms with E-state index in [1.807, 2.05) is 33.8 Å². The van der Waals surface area contributed by atoms with Gasteiger partial charge in [-0.25, -0.2) is 8.42 Å². The fraction of sp³-hybridized carbons (Fsp3) is 0.650. The van der Waals surface area contributed by atoms with Crippen molar-refractivity contribution in [2.45, 2.75) is 76.0 Å². The number of aryl methyl sites for hydroxylation is 1. The number of rotatable bonds is 3. The summed E-state index contributed by atoms with van der Waals surface area (Å²) < 4.78 is 35.7. The van der Waals surface area contributed by atoms with Gasteiger partial charge in [0.1, 0.15) is 10.1 Å². The molecule has 5 nitrogen and oxygen atoms in total. The van der Waals surface area contributed by atoms with Crippen molar-refractivity contribution in [3.63, 3.8) is 0 Å². The van der Waals surface area contributed by atoms with E-state index in [9.17, 15) is 22.9 Å². The van der Waals surface area contributed by atoms with E-state index in [1.165, 1.54) is 0 Å². The molecule has 144 valence electrons. The topological polar surface area (TPSA) is 94.5 Å². The van der Waals surface area contributed by atoms with Crippen LogP contribution in [0.5, 0.6) is 0 Å². The van der Waals surface area contributed by atoms with Crippen molar-refractivity contribution in [3.8, 4) is 0 Å². The Bertz CT molecular complexity index is 857. The number of carbonyl (C=O) groups is 1. The molecule has 6 heteroatoms. The molecule has 0 spiro atoms. The van der Waals surface area contributed by atoms with Crippen LogP contribution in [0.3, 0.4) is 0 Å². The van der Waals surface area contributed by atoms with Gasteiger partial charge in [0.2, 0.25) is 0 Å². The molecule has 0 radical (unpaired) electrons. The number of hydrogen-bond donors (Lipinski definition) is 1. The minimum absolute atomic E-state index is 0.0687. The van der Waals surface area contributed by atoms with Gasteiger partial charge >= 0.3 is 5.97 Å². The SMILES string of the molecule is CC(C)c1cc2c(cc1S(=O)(=O)[O-])C1(C)CCCC(C)(C(=O)O)C1CC2. The van der Waals surface area contributed by atoms with Crippen molar-refractivity contribution >= 4 is 16.1 Å². The molecule has 3 unspecified atom stereocenters. The molecule has 1 aromatic carbocycles. The molecule has 0 bridgehead atoms. The number of hydrogen-bond acceptors (Lipinski definition) is 4. The van der Waals surface area contributed by atoms with Crippen molar-refractivity contribution < 1.29 is 22.9 Å². The average Bonchev–Trinajstić information content (AvgIpc) is 2.52. The first-order valence-corrected chi connectivity index (χ1v) is 10.7. The molecule has 2 aliphatic rings. The Morgan fingerprint density at radius 3 is 2.46 bits per heavy atom. The number of fused-ring (bicyclic) bond motifs is 3. The van der Waals surface area contributed by atoms with Crippen molar-refractivity contribution in [2.24, 2.45) is 11.3 Å². The first kappa shape index (κ1) is 19.4. The molecule has 0 aromatic heterocycles. The highest BCUT2D eigenvalue weighted by molar-refractivity contribution is 7.85. The normalized spacial score (nSPS) is 31.4. The van der Waals surface area contributed by atoms with Crippen LogP contribution in [0.25, 0.3) is 0 Å². The second kappa shape index (κ2) is 6.06. The molecular weight excluding hydrogens is 352 g/mol. The molecule has 1 N–H and O–H groups in total. The Labute approximate surface area is 155 Å². The van der Waals surface area contributed by atoms with Gasteiger partial charge in [0.05, 0.1) is 10.3 Å². The van der Waals surface area contributed by atoms with Gasteiger partial charge in [-0.2, -0.15) is 0 Å². The van der Waals surface area contributed by atoms with Crippen molar-refractivity contribution in [3.05, 3.63) is 28.8 Å². The van der Waals surface area contributed by atoms with E-state index in [4.69, 9.17) is 0 Å². The molecule has 0 aliphatic heterocycles. The lowest BCUT2D eigenvalue weighted by atomic mass is 9.50. The summed E-state index contributed by atoms with van der Waals surface area (Å²) >= 11 is 0. The van der Waals surface area contributed by atoms with Crippen LogP contribution in [-0.2, 0) is 26.7 Å². The maximum absolute atomic E-state index is 12.0. The quantitative estimate of drug-likeness (QED) is 0.806. The number of aliphatic carboxylic acids is 1. The maximum atomic E-state index is 12.0. The Morgan fingerprint density at radius 2 is 1.92 bits per heavy atom. The van der Waals surface area contributed by atoms with E-state index in [-0.39, 0.29) is 16.7 Å². The summed E-state index contributed by atoms with van der Waals surface area (Å²) in [6, 6.07) is 3.44. The first-order valence-electron chi connectivity index (χ1n) is 9.28. The summed E-state index contributed by atoms with van der Waals surface area (Å²) in [4.78, 5) is 11.9. The summed E-state index contributed by atoms with van der Waals surface area (Å²) in [7, 11) is -4.59. The number of carboxylic acid groups (broad SMARTS) is 1. The van der Waals surface area contributed by atoms with Gasteiger partial charge in [-0.05, 0) is 72.6 Å².